The Hall–Kier alpha value is -1.67. The summed E-state index contributed by atoms with van der Waals surface area (Å²) in [5.41, 5.74) is 1.86. The van der Waals surface area contributed by atoms with Crippen molar-refractivity contribution in [3.63, 3.8) is 0 Å². The summed E-state index contributed by atoms with van der Waals surface area (Å²) in [5.74, 6) is 0. The van der Waals surface area contributed by atoms with Crippen molar-refractivity contribution in [2.75, 3.05) is 13.1 Å². The van der Waals surface area contributed by atoms with E-state index < -0.39 is 10.0 Å². The molecule has 120 valence electrons. The molecule has 2 aromatic heterocycles. The van der Waals surface area contributed by atoms with Gasteiger partial charge in [-0.15, -0.1) is 0 Å². The molecule has 0 saturated carbocycles. The van der Waals surface area contributed by atoms with Gasteiger partial charge in [0.05, 0.1) is 12.4 Å². The Labute approximate surface area is 130 Å². The van der Waals surface area contributed by atoms with Gasteiger partial charge in [-0.05, 0) is 25.3 Å². The average Bonchev–Trinajstić information content (AvgIpc) is 3.08. The van der Waals surface area contributed by atoms with Crippen LogP contribution in [0.2, 0.25) is 0 Å². The van der Waals surface area contributed by atoms with E-state index in [9.17, 15) is 8.42 Å². The van der Waals surface area contributed by atoms with Crippen molar-refractivity contribution < 1.29 is 8.42 Å². The molecule has 7 nitrogen and oxygen atoms in total. The van der Waals surface area contributed by atoms with Gasteiger partial charge < -0.3 is 0 Å². The first-order valence-electron chi connectivity index (χ1n) is 7.32. The summed E-state index contributed by atoms with van der Waals surface area (Å²) in [6, 6.07) is 0. The summed E-state index contributed by atoms with van der Waals surface area (Å²) in [6.07, 6.45) is 6.50. The average molecular weight is 323 g/mol. The second-order valence-corrected chi connectivity index (χ2v) is 8.22. The van der Waals surface area contributed by atoms with E-state index in [4.69, 9.17) is 0 Å². The van der Waals surface area contributed by atoms with Crippen LogP contribution in [0.15, 0.2) is 23.5 Å². The molecule has 0 unspecified atom stereocenters. The van der Waals surface area contributed by atoms with Crippen LogP contribution < -0.4 is 0 Å². The highest BCUT2D eigenvalue weighted by Gasteiger charge is 2.40. The first kappa shape index (κ1) is 15.2. The lowest BCUT2D eigenvalue weighted by Crippen LogP contribution is -2.47. The van der Waals surface area contributed by atoms with Gasteiger partial charge in [0.15, 0.2) is 0 Å². The number of sulfonamides is 1. The number of H-pyrrole nitrogens is 1. The van der Waals surface area contributed by atoms with Gasteiger partial charge in [0, 0.05) is 37.4 Å². The van der Waals surface area contributed by atoms with Crippen molar-refractivity contribution in [2.45, 2.75) is 37.0 Å². The van der Waals surface area contributed by atoms with Gasteiger partial charge >= 0.3 is 0 Å². The molecule has 22 heavy (non-hydrogen) atoms. The predicted molar refractivity (Wildman–Crippen MR) is 81.9 cm³/mol. The molecule has 0 aliphatic carbocycles. The molecule has 1 fully saturated rings. The van der Waals surface area contributed by atoms with Crippen molar-refractivity contribution >= 4 is 10.0 Å². The molecule has 3 heterocycles. The fraction of sp³-hybridized carbons (Fsp3) is 0.571. The third-order valence-electron chi connectivity index (χ3n) is 4.41. The highest BCUT2D eigenvalue weighted by Crippen LogP contribution is 2.36. The molecule has 0 spiro atoms. The summed E-state index contributed by atoms with van der Waals surface area (Å²) in [7, 11) is -1.78. The first-order valence-corrected chi connectivity index (χ1v) is 8.76. The fourth-order valence-electron chi connectivity index (χ4n) is 3.24. The number of aryl methyl sites for hydroxylation is 2. The van der Waals surface area contributed by atoms with Gasteiger partial charge in [-0.2, -0.15) is 14.5 Å². The van der Waals surface area contributed by atoms with Crippen LogP contribution in [0.25, 0.3) is 0 Å². The lowest BCUT2D eigenvalue weighted by atomic mass is 9.78. The number of rotatable bonds is 3. The summed E-state index contributed by atoms with van der Waals surface area (Å²) in [5, 5.41) is 11.1. The summed E-state index contributed by atoms with van der Waals surface area (Å²) in [4.78, 5) is 0.251. The Balaban J connectivity index is 1.92. The van der Waals surface area contributed by atoms with E-state index in [-0.39, 0.29) is 10.3 Å². The maximum absolute atomic E-state index is 12.8. The maximum Gasteiger partial charge on any atom is 0.246 e. The molecule has 2 aromatic rings. The molecule has 1 atom stereocenters. The molecule has 0 bridgehead atoms. The van der Waals surface area contributed by atoms with Crippen LogP contribution >= 0.6 is 0 Å². The van der Waals surface area contributed by atoms with Crippen molar-refractivity contribution in [3.05, 3.63) is 29.8 Å². The van der Waals surface area contributed by atoms with Crippen LogP contribution in [0.3, 0.4) is 0 Å². The number of hydrogen-bond donors (Lipinski definition) is 1. The Kier molecular flexibility index (Phi) is 3.60. The number of piperidine rings is 1. The van der Waals surface area contributed by atoms with E-state index in [0.717, 1.165) is 24.1 Å². The van der Waals surface area contributed by atoms with Gasteiger partial charge in [0.2, 0.25) is 10.0 Å². The minimum absolute atomic E-state index is 0.242. The lowest BCUT2D eigenvalue weighted by molar-refractivity contribution is 0.235. The molecule has 1 N–H and O–H groups in total. The normalized spacial score (nSPS) is 23.8. The van der Waals surface area contributed by atoms with Gasteiger partial charge in [-0.25, -0.2) is 8.42 Å². The topological polar surface area (TPSA) is 83.9 Å². The van der Waals surface area contributed by atoms with Crippen LogP contribution in [0.1, 0.15) is 31.0 Å². The Bertz CT molecular complexity index is 779. The largest absolute Gasteiger partial charge is 0.282 e. The molecule has 1 saturated heterocycles. The number of nitrogens with one attached hydrogen (secondary N) is 1. The summed E-state index contributed by atoms with van der Waals surface area (Å²) in [6.45, 7) is 5.09. The van der Waals surface area contributed by atoms with Gasteiger partial charge in [0.1, 0.15) is 4.90 Å². The molecule has 3 rings (SSSR count). The Morgan fingerprint density at radius 3 is 2.73 bits per heavy atom. The molecule has 1 aliphatic rings. The zero-order valence-corrected chi connectivity index (χ0v) is 13.9. The van der Waals surface area contributed by atoms with Crippen LogP contribution in [0.4, 0.5) is 0 Å². The first-order chi connectivity index (χ1) is 10.3. The highest BCUT2D eigenvalue weighted by atomic mass is 32.2. The second-order valence-electron chi connectivity index (χ2n) is 6.28. The molecule has 0 aromatic carbocycles. The molecular formula is C14H21N5O2S. The van der Waals surface area contributed by atoms with Gasteiger partial charge in [-0.1, -0.05) is 6.92 Å². The van der Waals surface area contributed by atoms with E-state index in [2.05, 4.69) is 22.2 Å². The van der Waals surface area contributed by atoms with Crippen molar-refractivity contribution in [3.8, 4) is 0 Å². The van der Waals surface area contributed by atoms with Crippen LogP contribution in [0.5, 0.6) is 0 Å². The zero-order valence-electron chi connectivity index (χ0n) is 13.1. The standard InChI is InChI=1S/C14H21N5O2S/c1-11-7-15-17-13(11)14(2)5-4-6-19(10-14)22(20,21)12-8-16-18(3)9-12/h7-9H,4-6,10H2,1-3H3,(H,15,17)/t14-/m1/s1. The van der Waals surface area contributed by atoms with Gasteiger partial charge in [-0.3, -0.25) is 9.78 Å². The van der Waals surface area contributed by atoms with Crippen molar-refractivity contribution in [2.24, 2.45) is 7.05 Å². The Morgan fingerprint density at radius 2 is 2.14 bits per heavy atom. The number of aromatic nitrogens is 4. The minimum atomic E-state index is -3.50. The third-order valence-corrected chi connectivity index (χ3v) is 6.21. The zero-order chi connectivity index (χ0) is 16.0. The monoisotopic (exact) mass is 323 g/mol. The fourth-order valence-corrected chi connectivity index (χ4v) is 4.83. The smallest absolute Gasteiger partial charge is 0.246 e. The van der Waals surface area contributed by atoms with Gasteiger partial charge in [0.25, 0.3) is 0 Å². The van der Waals surface area contributed by atoms with E-state index in [1.54, 1.807) is 23.7 Å². The molecular weight excluding hydrogens is 302 g/mol. The van der Waals surface area contributed by atoms with E-state index >= 15 is 0 Å². The van der Waals surface area contributed by atoms with E-state index in [1.165, 1.54) is 10.9 Å². The maximum atomic E-state index is 12.8. The molecule has 1 aliphatic heterocycles. The van der Waals surface area contributed by atoms with Crippen LogP contribution in [0, 0.1) is 6.92 Å². The van der Waals surface area contributed by atoms with Crippen molar-refractivity contribution in [1.82, 2.24) is 24.3 Å². The number of hydrogen-bond acceptors (Lipinski definition) is 4. The molecule has 0 radical (unpaired) electrons. The summed E-state index contributed by atoms with van der Waals surface area (Å²) < 4.78 is 28.7. The van der Waals surface area contributed by atoms with E-state index in [1.807, 2.05) is 6.92 Å². The predicted octanol–water partition coefficient (Wildman–Crippen LogP) is 1.19. The Morgan fingerprint density at radius 1 is 1.36 bits per heavy atom. The van der Waals surface area contributed by atoms with Crippen molar-refractivity contribution in [1.29, 1.82) is 0 Å². The SMILES string of the molecule is Cc1cn[nH]c1[C@]1(C)CCCN(S(=O)(=O)c2cnn(C)c2)C1. The van der Waals surface area contributed by atoms with E-state index in [0.29, 0.717) is 13.1 Å². The molecule has 0 amide bonds. The minimum Gasteiger partial charge on any atom is -0.282 e. The third kappa shape index (κ3) is 2.46. The second kappa shape index (κ2) is 5.20. The highest BCUT2D eigenvalue weighted by molar-refractivity contribution is 7.89. The summed E-state index contributed by atoms with van der Waals surface area (Å²) >= 11 is 0. The number of nitrogens with zero attached hydrogens (tertiary/aromatic N) is 4. The lowest BCUT2D eigenvalue weighted by Gasteiger charge is -2.39. The van der Waals surface area contributed by atoms with Crippen LogP contribution in [-0.2, 0) is 22.5 Å². The number of aromatic amines is 1. The molecule has 8 heteroatoms. The van der Waals surface area contributed by atoms with Crippen LogP contribution in [-0.4, -0.2) is 45.8 Å². The quantitative estimate of drug-likeness (QED) is 0.920.